The first kappa shape index (κ1) is 30.0. The molecule has 0 heterocycles. The van der Waals surface area contributed by atoms with E-state index >= 15 is 0 Å². The van der Waals surface area contributed by atoms with Crippen molar-refractivity contribution >= 4 is 28.3 Å². The second-order valence-corrected chi connectivity index (χ2v) is 10.2. The zero-order valence-electron chi connectivity index (χ0n) is 23.6. The maximum absolute atomic E-state index is 12.7. The molecule has 0 saturated carbocycles. The SMILES string of the molecule is CCCCCCCCCCCCOc1ccc(CCNC(=O)c2ccc3ccccc3c2O)c(NC(C)=O)c1. The highest BCUT2D eigenvalue weighted by Gasteiger charge is 2.14. The largest absolute Gasteiger partial charge is 0.506 e. The van der Waals surface area contributed by atoms with E-state index < -0.39 is 0 Å². The fraction of sp³-hybridized carbons (Fsp3) is 0.455. The molecular weight excluding hydrogens is 488 g/mol. The zero-order chi connectivity index (χ0) is 27.9. The van der Waals surface area contributed by atoms with Gasteiger partial charge in [0, 0.05) is 30.6 Å². The second-order valence-electron chi connectivity index (χ2n) is 10.2. The normalized spacial score (nSPS) is 10.9. The predicted octanol–water partition coefficient (Wildman–Crippen LogP) is 7.78. The number of hydrogen-bond donors (Lipinski definition) is 3. The van der Waals surface area contributed by atoms with Crippen molar-refractivity contribution in [3.05, 3.63) is 65.7 Å². The van der Waals surface area contributed by atoms with Gasteiger partial charge in [-0.2, -0.15) is 0 Å². The van der Waals surface area contributed by atoms with Gasteiger partial charge in [-0.05, 0) is 35.9 Å². The number of phenolic OH excluding ortho intramolecular Hbond substituents is 1. The Hall–Kier alpha value is -3.54. The van der Waals surface area contributed by atoms with E-state index in [0.29, 0.717) is 30.6 Å². The average Bonchev–Trinajstić information content (AvgIpc) is 2.92. The van der Waals surface area contributed by atoms with Crippen molar-refractivity contribution in [2.75, 3.05) is 18.5 Å². The van der Waals surface area contributed by atoms with Crippen LogP contribution in [0.5, 0.6) is 11.5 Å². The molecule has 0 aliphatic carbocycles. The lowest BCUT2D eigenvalue weighted by Gasteiger charge is -2.14. The molecule has 3 aromatic rings. The number of nitrogens with one attached hydrogen (secondary N) is 2. The number of aromatic hydroxyl groups is 1. The summed E-state index contributed by atoms with van der Waals surface area (Å²) in [6.07, 6.45) is 13.3. The standard InChI is InChI=1S/C33H44N2O4/c1-3-4-5-6-7-8-9-10-11-14-23-39-28-19-17-27(31(24-28)35-25(2)36)21-22-34-33(38)30-20-18-26-15-12-13-16-29(26)32(30)37/h12-13,15-20,24,37H,3-11,14,21-23H2,1-2H3,(H,34,38)(H,35,36). The molecule has 3 N–H and O–H groups in total. The second kappa shape index (κ2) is 16.4. The van der Waals surface area contributed by atoms with Crippen molar-refractivity contribution in [3.63, 3.8) is 0 Å². The smallest absolute Gasteiger partial charge is 0.255 e. The predicted molar refractivity (Wildman–Crippen MR) is 160 cm³/mol. The lowest BCUT2D eigenvalue weighted by atomic mass is 10.0. The molecule has 0 aliphatic heterocycles. The Kier molecular flexibility index (Phi) is 12.6. The summed E-state index contributed by atoms with van der Waals surface area (Å²) in [7, 11) is 0. The van der Waals surface area contributed by atoms with Gasteiger partial charge >= 0.3 is 0 Å². The summed E-state index contributed by atoms with van der Waals surface area (Å²) in [6, 6.07) is 16.6. The maximum Gasteiger partial charge on any atom is 0.255 e. The van der Waals surface area contributed by atoms with Crippen LogP contribution in [0.4, 0.5) is 5.69 Å². The number of anilines is 1. The number of fused-ring (bicyclic) bond motifs is 1. The molecule has 0 aromatic heterocycles. The van der Waals surface area contributed by atoms with Crippen LogP contribution in [-0.2, 0) is 11.2 Å². The van der Waals surface area contributed by atoms with Crippen LogP contribution in [0.2, 0.25) is 0 Å². The molecule has 0 spiro atoms. The Morgan fingerprint density at radius 3 is 2.26 bits per heavy atom. The molecule has 0 radical (unpaired) electrons. The molecule has 0 aliphatic rings. The van der Waals surface area contributed by atoms with Gasteiger partial charge in [0.1, 0.15) is 11.5 Å². The average molecular weight is 533 g/mol. The Bertz CT molecular complexity index is 1210. The third kappa shape index (κ3) is 9.93. The number of rotatable bonds is 17. The van der Waals surface area contributed by atoms with Crippen molar-refractivity contribution in [2.24, 2.45) is 0 Å². The van der Waals surface area contributed by atoms with Gasteiger partial charge in [0.05, 0.1) is 12.2 Å². The summed E-state index contributed by atoms with van der Waals surface area (Å²) in [6.45, 7) is 4.74. The minimum Gasteiger partial charge on any atom is -0.506 e. The quantitative estimate of drug-likeness (QED) is 0.155. The highest BCUT2D eigenvalue weighted by Crippen LogP contribution is 2.28. The Balaban J connectivity index is 1.44. The molecule has 3 rings (SSSR count). The molecule has 0 saturated heterocycles. The van der Waals surface area contributed by atoms with Gasteiger partial charge in [0.25, 0.3) is 5.91 Å². The van der Waals surface area contributed by atoms with Crippen molar-refractivity contribution in [1.29, 1.82) is 0 Å². The van der Waals surface area contributed by atoms with Crippen LogP contribution in [0.1, 0.15) is 94.0 Å². The van der Waals surface area contributed by atoms with Gasteiger partial charge in [-0.1, -0.05) is 101 Å². The van der Waals surface area contributed by atoms with Crippen LogP contribution in [0, 0.1) is 0 Å². The molecule has 6 nitrogen and oxygen atoms in total. The van der Waals surface area contributed by atoms with E-state index in [9.17, 15) is 14.7 Å². The number of benzene rings is 3. The summed E-state index contributed by atoms with van der Waals surface area (Å²) in [5.74, 6) is 0.209. The Labute approximate surface area is 233 Å². The molecule has 2 amide bonds. The Morgan fingerprint density at radius 2 is 1.54 bits per heavy atom. The van der Waals surface area contributed by atoms with E-state index in [1.54, 1.807) is 12.1 Å². The summed E-state index contributed by atoms with van der Waals surface area (Å²) < 4.78 is 5.96. The third-order valence-electron chi connectivity index (χ3n) is 6.98. The number of amides is 2. The number of phenols is 1. The van der Waals surface area contributed by atoms with E-state index in [1.807, 2.05) is 42.5 Å². The molecule has 39 heavy (non-hydrogen) atoms. The molecule has 0 atom stereocenters. The number of carbonyl (C=O) groups excluding carboxylic acids is 2. The van der Waals surface area contributed by atoms with Crippen LogP contribution in [0.3, 0.4) is 0 Å². The van der Waals surface area contributed by atoms with Crippen molar-refractivity contribution < 1.29 is 19.4 Å². The summed E-state index contributed by atoms with van der Waals surface area (Å²) >= 11 is 0. The fourth-order valence-corrected chi connectivity index (χ4v) is 4.79. The lowest BCUT2D eigenvalue weighted by Crippen LogP contribution is -2.26. The van der Waals surface area contributed by atoms with Crippen LogP contribution in [0.25, 0.3) is 10.8 Å². The van der Waals surface area contributed by atoms with Gasteiger partial charge in [0.15, 0.2) is 0 Å². The number of unbranched alkanes of at least 4 members (excludes halogenated alkanes) is 9. The number of carbonyl (C=O) groups is 2. The van der Waals surface area contributed by atoms with Gasteiger partial charge in [-0.15, -0.1) is 0 Å². The van der Waals surface area contributed by atoms with Crippen molar-refractivity contribution in [2.45, 2.75) is 84.5 Å². The van der Waals surface area contributed by atoms with Crippen LogP contribution >= 0.6 is 0 Å². The third-order valence-corrected chi connectivity index (χ3v) is 6.98. The monoisotopic (exact) mass is 532 g/mol. The summed E-state index contributed by atoms with van der Waals surface area (Å²) in [4.78, 5) is 24.5. The van der Waals surface area contributed by atoms with E-state index in [-0.39, 0.29) is 23.1 Å². The van der Waals surface area contributed by atoms with Crippen LogP contribution in [0.15, 0.2) is 54.6 Å². The van der Waals surface area contributed by atoms with Gasteiger partial charge < -0.3 is 20.5 Å². The lowest BCUT2D eigenvalue weighted by molar-refractivity contribution is -0.114. The Morgan fingerprint density at radius 1 is 0.846 bits per heavy atom. The molecule has 210 valence electrons. The summed E-state index contributed by atoms with van der Waals surface area (Å²) in [5.41, 5.74) is 1.83. The van der Waals surface area contributed by atoms with Crippen molar-refractivity contribution in [1.82, 2.24) is 5.32 Å². The fourth-order valence-electron chi connectivity index (χ4n) is 4.79. The highest BCUT2D eigenvalue weighted by molar-refractivity contribution is 6.03. The molecule has 3 aromatic carbocycles. The van der Waals surface area contributed by atoms with E-state index in [2.05, 4.69) is 17.6 Å². The molecule has 0 unspecified atom stereocenters. The van der Waals surface area contributed by atoms with Crippen LogP contribution < -0.4 is 15.4 Å². The van der Waals surface area contributed by atoms with E-state index in [4.69, 9.17) is 4.74 Å². The summed E-state index contributed by atoms with van der Waals surface area (Å²) in [5, 5.41) is 17.9. The van der Waals surface area contributed by atoms with E-state index in [0.717, 1.165) is 29.5 Å². The molecular formula is C33H44N2O4. The molecule has 0 fully saturated rings. The topological polar surface area (TPSA) is 87.7 Å². The maximum atomic E-state index is 12.7. The van der Waals surface area contributed by atoms with Crippen molar-refractivity contribution in [3.8, 4) is 11.5 Å². The minimum absolute atomic E-state index is 0.0200. The minimum atomic E-state index is -0.337. The first-order valence-electron chi connectivity index (χ1n) is 14.5. The number of ether oxygens (including phenoxy) is 1. The first-order valence-corrected chi connectivity index (χ1v) is 14.5. The van der Waals surface area contributed by atoms with Crippen LogP contribution in [-0.4, -0.2) is 30.1 Å². The molecule has 0 bridgehead atoms. The van der Waals surface area contributed by atoms with E-state index in [1.165, 1.54) is 58.3 Å². The highest BCUT2D eigenvalue weighted by atomic mass is 16.5. The zero-order valence-corrected chi connectivity index (χ0v) is 23.6. The van der Waals surface area contributed by atoms with Gasteiger partial charge in [-0.3, -0.25) is 9.59 Å². The first-order chi connectivity index (χ1) is 19.0. The van der Waals surface area contributed by atoms with Gasteiger partial charge in [-0.25, -0.2) is 0 Å². The number of hydrogen-bond acceptors (Lipinski definition) is 4. The molecule has 6 heteroatoms. The van der Waals surface area contributed by atoms with Gasteiger partial charge in [0.2, 0.25) is 5.91 Å².